The van der Waals surface area contributed by atoms with Gasteiger partial charge in [-0.05, 0) is 61.4 Å². The van der Waals surface area contributed by atoms with Crippen LogP contribution in [-0.2, 0) is 6.42 Å². The minimum absolute atomic E-state index is 0.763. The molecule has 3 N–H and O–H groups in total. The minimum Gasteiger partial charge on any atom is -0.353 e. The highest BCUT2D eigenvalue weighted by Gasteiger charge is 2.16. The number of nitrogens with two attached hydrogens (primary N) is 1. The molecule has 2 nitrogen and oxygen atoms in total. The van der Waals surface area contributed by atoms with Gasteiger partial charge in [0.15, 0.2) is 0 Å². The van der Waals surface area contributed by atoms with Crippen molar-refractivity contribution in [2.75, 3.05) is 6.54 Å². The van der Waals surface area contributed by atoms with E-state index >= 15 is 0 Å². The highest BCUT2D eigenvalue weighted by atomic mass is 32.1. The van der Waals surface area contributed by atoms with Gasteiger partial charge in [0.05, 0.1) is 10.6 Å². The number of unbranched alkanes of at least 4 members (excludes halogenated alkanes) is 1. The normalized spacial score (nSPS) is 11.6. The third-order valence-electron chi connectivity index (χ3n) is 4.70. The molecule has 3 heteroatoms. The molecule has 0 saturated carbocycles. The second-order valence-corrected chi connectivity index (χ2v) is 7.45. The Labute approximate surface area is 146 Å². The number of fused-ring (bicyclic) bond motifs is 2. The van der Waals surface area contributed by atoms with Crippen molar-refractivity contribution in [3.8, 4) is 10.6 Å². The highest BCUT2D eigenvalue weighted by molar-refractivity contribution is 7.22. The summed E-state index contributed by atoms with van der Waals surface area (Å²) in [7, 11) is 0. The Morgan fingerprint density at radius 2 is 1.92 bits per heavy atom. The molecule has 0 unspecified atom stereocenters. The third kappa shape index (κ3) is 2.64. The van der Waals surface area contributed by atoms with Gasteiger partial charge in [-0.3, -0.25) is 0 Å². The van der Waals surface area contributed by atoms with Crippen LogP contribution < -0.4 is 5.73 Å². The molecule has 4 rings (SSSR count). The molecule has 0 saturated heterocycles. The van der Waals surface area contributed by atoms with Crippen LogP contribution in [0.1, 0.15) is 24.0 Å². The summed E-state index contributed by atoms with van der Waals surface area (Å²) >= 11 is 1.87. The van der Waals surface area contributed by atoms with Crippen molar-refractivity contribution in [2.24, 2.45) is 5.73 Å². The minimum atomic E-state index is 0.763. The van der Waals surface area contributed by atoms with Gasteiger partial charge in [-0.25, -0.2) is 0 Å². The molecule has 2 heterocycles. The average molecular weight is 334 g/mol. The Hall–Kier alpha value is -2.10. The summed E-state index contributed by atoms with van der Waals surface area (Å²) in [6, 6.07) is 17.5. The molecule has 0 atom stereocenters. The number of hydrogen-bond acceptors (Lipinski definition) is 2. The molecule has 0 fully saturated rings. The van der Waals surface area contributed by atoms with Crippen molar-refractivity contribution in [1.29, 1.82) is 0 Å². The van der Waals surface area contributed by atoms with Crippen molar-refractivity contribution in [3.63, 3.8) is 0 Å². The van der Waals surface area contributed by atoms with Gasteiger partial charge >= 0.3 is 0 Å². The Balaban J connectivity index is 1.89. The fourth-order valence-electron chi connectivity index (χ4n) is 3.44. The summed E-state index contributed by atoms with van der Waals surface area (Å²) in [5.74, 6) is 0. The lowest BCUT2D eigenvalue weighted by Gasteiger charge is -2.03. The van der Waals surface area contributed by atoms with E-state index in [4.69, 9.17) is 5.73 Å². The zero-order valence-electron chi connectivity index (χ0n) is 13.9. The molecule has 0 aliphatic heterocycles. The zero-order valence-corrected chi connectivity index (χ0v) is 14.7. The van der Waals surface area contributed by atoms with Crippen LogP contribution >= 0.6 is 11.3 Å². The van der Waals surface area contributed by atoms with Gasteiger partial charge in [-0.1, -0.05) is 36.4 Å². The average Bonchev–Trinajstić information content (AvgIpc) is 3.17. The van der Waals surface area contributed by atoms with Gasteiger partial charge in [0.1, 0.15) is 0 Å². The summed E-state index contributed by atoms with van der Waals surface area (Å²) < 4.78 is 1.34. The summed E-state index contributed by atoms with van der Waals surface area (Å²) in [5, 5.41) is 2.68. The van der Waals surface area contributed by atoms with Crippen LogP contribution in [0.4, 0.5) is 0 Å². The molecule has 0 bridgehead atoms. The van der Waals surface area contributed by atoms with Crippen LogP contribution in [0.15, 0.2) is 48.5 Å². The topological polar surface area (TPSA) is 41.8 Å². The number of aryl methyl sites for hydroxylation is 2. The molecule has 122 valence electrons. The van der Waals surface area contributed by atoms with E-state index in [-0.39, 0.29) is 0 Å². The predicted molar refractivity (Wildman–Crippen MR) is 106 cm³/mol. The van der Waals surface area contributed by atoms with Crippen molar-refractivity contribution in [2.45, 2.75) is 26.2 Å². The van der Waals surface area contributed by atoms with Crippen LogP contribution in [-0.4, -0.2) is 11.5 Å². The van der Waals surface area contributed by atoms with Gasteiger partial charge in [0.25, 0.3) is 0 Å². The maximum absolute atomic E-state index is 5.70. The van der Waals surface area contributed by atoms with Crippen molar-refractivity contribution < 1.29 is 0 Å². The predicted octanol–water partition coefficient (Wildman–Crippen LogP) is 5.64. The molecular weight excluding hydrogens is 312 g/mol. The second-order valence-electron chi connectivity index (χ2n) is 6.37. The lowest BCUT2D eigenvalue weighted by Crippen LogP contribution is -1.99. The Kier molecular flexibility index (Phi) is 4.13. The van der Waals surface area contributed by atoms with Crippen LogP contribution in [0.2, 0.25) is 0 Å². The molecule has 24 heavy (non-hydrogen) atoms. The number of H-pyrrole nitrogens is 1. The Bertz CT molecular complexity index is 961. The molecule has 0 radical (unpaired) electrons. The number of hydrogen-bond donors (Lipinski definition) is 2. The highest BCUT2D eigenvalue weighted by Crippen LogP contribution is 2.38. The van der Waals surface area contributed by atoms with Crippen molar-refractivity contribution in [3.05, 3.63) is 59.7 Å². The van der Waals surface area contributed by atoms with Gasteiger partial charge in [0, 0.05) is 15.6 Å². The Morgan fingerprint density at radius 3 is 2.75 bits per heavy atom. The zero-order chi connectivity index (χ0) is 16.5. The molecule has 2 aromatic heterocycles. The molecular formula is C21H22N2S. The number of rotatable bonds is 5. The smallest absolute Gasteiger partial charge is 0.0599 e. The number of nitrogens with one attached hydrogen (secondary N) is 1. The van der Waals surface area contributed by atoms with Gasteiger partial charge in [0.2, 0.25) is 0 Å². The molecule has 4 aromatic rings. The van der Waals surface area contributed by atoms with Crippen LogP contribution in [0, 0.1) is 6.92 Å². The maximum atomic E-state index is 5.70. The first kappa shape index (κ1) is 15.4. The fourth-order valence-corrected chi connectivity index (χ4v) is 4.53. The van der Waals surface area contributed by atoms with E-state index in [1.807, 2.05) is 11.3 Å². The first-order valence-electron chi connectivity index (χ1n) is 8.57. The first-order chi connectivity index (χ1) is 11.8. The van der Waals surface area contributed by atoms with E-state index in [9.17, 15) is 0 Å². The van der Waals surface area contributed by atoms with Crippen LogP contribution in [0.3, 0.4) is 0 Å². The van der Waals surface area contributed by atoms with Gasteiger partial charge in [-0.15, -0.1) is 11.3 Å². The quantitative estimate of drug-likeness (QED) is 0.456. The maximum Gasteiger partial charge on any atom is 0.0599 e. The van der Waals surface area contributed by atoms with Crippen LogP contribution in [0.25, 0.3) is 31.6 Å². The fraction of sp³-hybridized carbons (Fsp3) is 0.238. The third-order valence-corrected chi connectivity index (χ3v) is 5.84. The SMILES string of the molecule is Cc1cccc2c(CCCCN)c(-c3cc4ccccc4s3)[nH]c12. The summed E-state index contributed by atoms with van der Waals surface area (Å²) in [6.45, 7) is 2.94. The number of para-hydroxylation sites is 1. The van der Waals surface area contributed by atoms with E-state index in [0.29, 0.717) is 0 Å². The van der Waals surface area contributed by atoms with E-state index in [2.05, 4.69) is 60.4 Å². The monoisotopic (exact) mass is 334 g/mol. The lowest BCUT2D eigenvalue weighted by atomic mass is 10.0. The van der Waals surface area contributed by atoms with Gasteiger partial charge in [-0.2, -0.15) is 0 Å². The van der Waals surface area contributed by atoms with Crippen molar-refractivity contribution >= 4 is 32.3 Å². The summed E-state index contributed by atoms with van der Waals surface area (Å²) in [6.07, 6.45) is 3.28. The van der Waals surface area contributed by atoms with E-state index in [0.717, 1.165) is 25.8 Å². The standard InChI is InChI=1S/C21H22N2S/c1-14-7-6-10-16-17(9-4-5-12-22)21(23-20(14)16)19-13-15-8-2-3-11-18(15)24-19/h2-3,6-8,10-11,13,23H,4-5,9,12,22H2,1H3. The number of benzene rings is 2. The number of thiophene rings is 1. The van der Waals surface area contributed by atoms with E-state index < -0.39 is 0 Å². The molecule has 2 aromatic carbocycles. The largest absolute Gasteiger partial charge is 0.353 e. The second kappa shape index (κ2) is 6.42. The van der Waals surface area contributed by atoms with E-state index in [1.54, 1.807) is 0 Å². The number of aromatic amines is 1. The molecule has 0 aliphatic rings. The Morgan fingerprint density at radius 1 is 1.04 bits per heavy atom. The number of aromatic nitrogens is 1. The molecule has 0 aliphatic carbocycles. The van der Waals surface area contributed by atoms with Crippen molar-refractivity contribution in [1.82, 2.24) is 4.98 Å². The summed E-state index contributed by atoms with van der Waals surface area (Å²) in [4.78, 5) is 5.04. The molecule has 0 amide bonds. The van der Waals surface area contributed by atoms with E-state index in [1.165, 1.54) is 42.7 Å². The summed E-state index contributed by atoms with van der Waals surface area (Å²) in [5.41, 5.74) is 11.0. The van der Waals surface area contributed by atoms with Crippen LogP contribution in [0.5, 0.6) is 0 Å². The molecule has 0 spiro atoms. The van der Waals surface area contributed by atoms with Gasteiger partial charge < -0.3 is 10.7 Å². The lowest BCUT2D eigenvalue weighted by molar-refractivity contribution is 0.748. The first-order valence-corrected chi connectivity index (χ1v) is 9.39.